The van der Waals surface area contributed by atoms with Gasteiger partial charge in [-0.1, -0.05) is 6.07 Å². The summed E-state index contributed by atoms with van der Waals surface area (Å²) in [5.41, 5.74) is 6.87. The SMILES string of the molecule is Nc1ncc(F)c(Nc2cccc(NCCO)c2)n1. The van der Waals surface area contributed by atoms with Gasteiger partial charge in [0.2, 0.25) is 5.95 Å². The van der Waals surface area contributed by atoms with E-state index in [1.807, 2.05) is 6.07 Å². The predicted octanol–water partition coefficient (Wildman–Crippen LogP) is 1.35. The molecule has 7 heteroatoms. The van der Waals surface area contributed by atoms with Crippen LogP contribution < -0.4 is 16.4 Å². The molecular formula is C12H14FN5O. The zero-order chi connectivity index (χ0) is 13.7. The standard InChI is InChI=1S/C12H14FN5O/c13-10-7-16-12(14)18-11(10)17-9-3-1-2-8(6-9)15-4-5-19/h1-3,6-7,15,19H,4-5H2,(H3,14,16,17,18). The summed E-state index contributed by atoms with van der Waals surface area (Å²) in [7, 11) is 0. The van der Waals surface area contributed by atoms with Gasteiger partial charge in [-0.25, -0.2) is 9.37 Å². The number of hydrogen-bond acceptors (Lipinski definition) is 6. The van der Waals surface area contributed by atoms with Crippen molar-refractivity contribution >= 4 is 23.1 Å². The molecule has 0 atom stereocenters. The number of aliphatic hydroxyl groups is 1. The zero-order valence-corrected chi connectivity index (χ0v) is 10.1. The molecule has 1 aromatic heterocycles. The Bertz CT molecular complexity index is 564. The number of nitrogens with zero attached hydrogens (tertiary/aromatic N) is 2. The molecule has 2 aromatic rings. The van der Waals surface area contributed by atoms with E-state index in [1.54, 1.807) is 18.2 Å². The molecule has 2 rings (SSSR count). The summed E-state index contributed by atoms with van der Waals surface area (Å²) in [6, 6.07) is 7.17. The molecule has 0 bridgehead atoms. The zero-order valence-electron chi connectivity index (χ0n) is 10.1. The van der Waals surface area contributed by atoms with Gasteiger partial charge in [-0.3, -0.25) is 0 Å². The lowest BCUT2D eigenvalue weighted by atomic mass is 10.2. The smallest absolute Gasteiger partial charge is 0.222 e. The van der Waals surface area contributed by atoms with Crippen LogP contribution in [0.4, 0.5) is 27.5 Å². The minimum Gasteiger partial charge on any atom is -0.395 e. The number of anilines is 4. The average molecular weight is 263 g/mol. The molecule has 6 nitrogen and oxygen atoms in total. The van der Waals surface area contributed by atoms with Gasteiger partial charge in [0, 0.05) is 17.9 Å². The molecule has 1 aromatic carbocycles. The van der Waals surface area contributed by atoms with E-state index in [0.717, 1.165) is 11.9 Å². The number of nitrogens with two attached hydrogens (primary N) is 1. The number of nitrogens with one attached hydrogen (secondary N) is 2. The van der Waals surface area contributed by atoms with Crippen LogP contribution in [-0.2, 0) is 0 Å². The first-order valence-electron chi connectivity index (χ1n) is 5.69. The van der Waals surface area contributed by atoms with Crippen molar-refractivity contribution in [3.63, 3.8) is 0 Å². The second-order valence-corrected chi connectivity index (χ2v) is 3.78. The van der Waals surface area contributed by atoms with E-state index in [1.165, 1.54) is 0 Å². The molecule has 100 valence electrons. The van der Waals surface area contributed by atoms with Crippen molar-refractivity contribution in [2.75, 3.05) is 29.5 Å². The normalized spacial score (nSPS) is 10.2. The quantitative estimate of drug-likeness (QED) is 0.650. The Kier molecular flexibility index (Phi) is 4.09. The average Bonchev–Trinajstić information content (AvgIpc) is 2.41. The summed E-state index contributed by atoms with van der Waals surface area (Å²) >= 11 is 0. The highest BCUT2D eigenvalue weighted by atomic mass is 19.1. The topological polar surface area (TPSA) is 96.1 Å². The number of benzene rings is 1. The van der Waals surface area contributed by atoms with Crippen molar-refractivity contribution in [3.05, 3.63) is 36.3 Å². The van der Waals surface area contributed by atoms with Crippen molar-refractivity contribution in [2.24, 2.45) is 0 Å². The van der Waals surface area contributed by atoms with Gasteiger partial charge in [0.15, 0.2) is 11.6 Å². The Morgan fingerprint density at radius 2 is 2.11 bits per heavy atom. The van der Waals surface area contributed by atoms with Gasteiger partial charge in [-0.05, 0) is 18.2 Å². The maximum absolute atomic E-state index is 13.5. The fourth-order valence-corrected chi connectivity index (χ4v) is 1.51. The molecule has 0 saturated carbocycles. The molecule has 1 heterocycles. The lowest BCUT2D eigenvalue weighted by Gasteiger charge is -2.09. The maximum atomic E-state index is 13.5. The van der Waals surface area contributed by atoms with Crippen molar-refractivity contribution in [1.82, 2.24) is 9.97 Å². The predicted molar refractivity (Wildman–Crippen MR) is 71.7 cm³/mol. The monoisotopic (exact) mass is 263 g/mol. The molecule has 0 amide bonds. The summed E-state index contributed by atoms with van der Waals surface area (Å²) in [5, 5.41) is 14.6. The highest BCUT2D eigenvalue weighted by Crippen LogP contribution is 2.20. The van der Waals surface area contributed by atoms with Crippen LogP contribution in [0.2, 0.25) is 0 Å². The molecule has 0 unspecified atom stereocenters. The third kappa shape index (κ3) is 3.52. The van der Waals surface area contributed by atoms with Crippen molar-refractivity contribution in [3.8, 4) is 0 Å². The fraction of sp³-hybridized carbons (Fsp3) is 0.167. The number of halogens is 1. The second kappa shape index (κ2) is 5.96. The Hall–Kier alpha value is -2.41. The van der Waals surface area contributed by atoms with Crippen molar-refractivity contribution in [1.29, 1.82) is 0 Å². The molecular weight excluding hydrogens is 249 g/mol. The molecule has 0 aliphatic carbocycles. The summed E-state index contributed by atoms with van der Waals surface area (Å²) in [6.45, 7) is 0.479. The minimum atomic E-state index is -0.581. The van der Waals surface area contributed by atoms with Gasteiger partial charge in [0.1, 0.15) is 0 Å². The van der Waals surface area contributed by atoms with Gasteiger partial charge in [-0.15, -0.1) is 0 Å². The van der Waals surface area contributed by atoms with Gasteiger partial charge in [0.25, 0.3) is 0 Å². The molecule has 0 aliphatic heterocycles. The molecule has 0 spiro atoms. The van der Waals surface area contributed by atoms with Crippen LogP contribution in [0.15, 0.2) is 30.5 Å². The number of nitrogen functional groups attached to an aromatic ring is 1. The van der Waals surface area contributed by atoms with Crippen LogP contribution in [0.1, 0.15) is 0 Å². The van der Waals surface area contributed by atoms with E-state index in [0.29, 0.717) is 12.2 Å². The van der Waals surface area contributed by atoms with Gasteiger partial charge in [0.05, 0.1) is 12.8 Å². The van der Waals surface area contributed by atoms with Crippen molar-refractivity contribution < 1.29 is 9.50 Å². The number of rotatable bonds is 5. The highest BCUT2D eigenvalue weighted by Gasteiger charge is 2.06. The largest absolute Gasteiger partial charge is 0.395 e. The Labute approximate surface area is 109 Å². The van der Waals surface area contributed by atoms with Gasteiger partial charge < -0.3 is 21.5 Å². The van der Waals surface area contributed by atoms with Crippen LogP contribution in [0.5, 0.6) is 0 Å². The third-order valence-corrected chi connectivity index (χ3v) is 2.33. The molecule has 0 radical (unpaired) electrons. The first-order chi connectivity index (χ1) is 9.19. The Morgan fingerprint density at radius 3 is 2.89 bits per heavy atom. The van der Waals surface area contributed by atoms with E-state index in [4.69, 9.17) is 10.8 Å². The number of hydrogen-bond donors (Lipinski definition) is 4. The Balaban J connectivity index is 2.16. The van der Waals surface area contributed by atoms with Crippen LogP contribution in [0.25, 0.3) is 0 Å². The first kappa shape index (κ1) is 13.0. The Morgan fingerprint density at radius 1 is 1.32 bits per heavy atom. The van der Waals surface area contributed by atoms with Gasteiger partial charge >= 0.3 is 0 Å². The summed E-state index contributed by atoms with van der Waals surface area (Å²) < 4.78 is 13.5. The minimum absolute atomic E-state index is 0.00143. The molecule has 19 heavy (non-hydrogen) atoms. The van der Waals surface area contributed by atoms with E-state index in [9.17, 15) is 4.39 Å². The van der Waals surface area contributed by atoms with Crippen LogP contribution >= 0.6 is 0 Å². The highest BCUT2D eigenvalue weighted by molar-refractivity contribution is 5.63. The number of aromatic nitrogens is 2. The first-order valence-corrected chi connectivity index (χ1v) is 5.69. The fourth-order valence-electron chi connectivity index (χ4n) is 1.51. The van der Waals surface area contributed by atoms with Gasteiger partial charge in [-0.2, -0.15) is 4.98 Å². The number of aliphatic hydroxyl groups excluding tert-OH is 1. The van der Waals surface area contributed by atoms with E-state index >= 15 is 0 Å². The van der Waals surface area contributed by atoms with E-state index < -0.39 is 5.82 Å². The summed E-state index contributed by atoms with van der Waals surface area (Å²) in [5.74, 6) is -0.562. The third-order valence-electron chi connectivity index (χ3n) is 2.33. The van der Waals surface area contributed by atoms with Crippen LogP contribution in [-0.4, -0.2) is 28.2 Å². The molecule has 0 fully saturated rings. The van der Waals surface area contributed by atoms with E-state index in [-0.39, 0.29) is 18.4 Å². The molecule has 5 N–H and O–H groups in total. The second-order valence-electron chi connectivity index (χ2n) is 3.78. The molecule has 0 saturated heterocycles. The molecule has 0 aliphatic rings. The van der Waals surface area contributed by atoms with Crippen LogP contribution in [0, 0.1) is 5.82 Å². The van der Waals surface area contributed by atoms with Crippen LogP contribution in [0.3, 0.4) is 0 Å². The lowest BCUT2D eigenvalue weighted by Crippen LogP contribution is -2.06. The van der Waals surface area contributed by atoms with Crippen molar-refractivity contribution in [2.45, 2.75) is 0 Å². The van der Waals surface area contributed by atoms with E-state index in [2.05, 4.69) is 20.6 Å². The summed E-state index contributed by atoms with van der Waals surface area (Å²) in [4.78, 5) is 7.33. The maximum Gasteiger partial charge on any atom is 0.222 e. The lowest BCUT2D eigenvalue weighted by molar-refractivity contribution is 0.311. The summed E-state index contributed by atoms with van der Waals surface area (Å²) in [6.07, 6.45) is 1.01.